The van der Waals surface area contributed by atoms with E-state index in [0.717, 1.165) is 43.6 Å². The number of hydrogen-bond acceptors (Lipinski definition) is 3. The Kier molecular flexibility index (Phi) is 3.92. The van der Waals surface area contributed by atoms with Gasteiger partial charge in [0.25, 0.3) is 0 Å². The fraction of sp³-hybridized carbons (Fsp3) is 0.562. The van der Waals surface area contributed by atoms with Crippen LogP contribution in [0.15, 0.2) is 18.2 Å². The third kappa shape index (κ3) is 2.40. The zero-order valence-corrected chi connectivity index (χ0v) is 12.4. The Balaban J connectivity index is 2.07. The van der Waals surface area contributed by atoms with E-state index in [2.05, 4.69) is 35.1 Å². The monoisotopic (exact) mass is 273 g/mol. The summed E-state index contributed by atoms with van der Waals surface area (Å²) in [6.45, 7) is 7.00. The van der Waals surface area contributed by atoms with Crippen molar-refractivity contribution in [1.82, 2.24) is 15.1 Å². The van der Waals surface area contributed by atoms with Gasteiger partial charge in [-0.3, -0.25) is 4.68 Å². The summed E-state index contributed by atoms with van der Waals surface area (Å²) >= 11 is 0. The van der Waals surface area contributed by atoms with Crippen LogP contribution in [0.3, 0.4) is 0 Å². The van der Waals surface area contributed by atoms with Crippen LogP contribution in [-0.2, 0) is 6.42 Å². The van der Waals surface area contributed by atoms with Crippen molar-refractivity contribution < 1.29 is 4.74 Å². The van der Waals surface area contributed by atoms with Crippen LogP contribution in [0.4, 0.5) is 0 Å². The van der Waals surface area contributed by atoms with Gasteiger partial charge in [0.1, 0.15) is 0 Å². The Hall–Kier alpha value is -1.55. The van der Waals surface area contributed by atoms with Gasteiger partial charge < -0.3 is 10.1 Å². The van der Waals surface area contributed by atoms with Crippen molar-refractivity contribution in [1.29, 1.82) is 0 Å². The van der Waals surface area contributed by atoms with Crippen molar-refractivity contribution in [2.45, 2.75) is 39.2 Å². The molecule has 0 amide bonds. The number of fused-ring (bicyclic) bond motifs is 1. The van der Waals surface area contributed by atoms with Gasteiger partial charge in [0.05, 0.1) is 23.6 Å². The average Bonchev–Trinajstić information content (AvgIpc) is 2.86. The minimum Gasteiger partial charge on any atom is -0.476 e. The number of aromatic nitrogens is 2. The lowest BCUT2D eigenvalue weighted by molar-refractivity contribution is 0.305. The lowest BCUT2D eigenvalue weighted by Gasteiger charge is -2.23. The number of ether oxygens (including phenoxy) is 1. The molecule has 0 bridgehead atoms. The largest absolute Gasteiger partial charge is 0.476 e. The number of nitrogens with one attached hydrogen (secondary N) is 1. The second kappa shape index (κ2) is 5.83. The van der Waals surface area contributed by atoms with Crippen molar-refractivity contribution in [2.75, 3.05) is 19.7 Å². The van der Waals surface area contributed by atoms with Crippen molar-refractivity contribution in [2.24, 2.45) is 0 Å². The summed E-state index contributed by atoms with van der Waals surface area (Å²) < 4.78 is 7.92. The molecule has 0 atom stereocenters. The van der Waals surface area contributed by atoms with Crippen LogP contribution < -0.4 is 10.1 Å². The smallest absolute Gasteiger partial charge is 0.240 e. The lowest BCUT2D eigenvalue weighted by Crippen LogP contribution is -2.29. The first-order valence-corrected chi connectivity index (χ1v) is 7.68. The van der Waals surface area contributed by atoms with Crippen molar-refractivity contribution in [3.05, 3.63) is 23.8 Å². The molecule has 2 heterocycles. The molecule has 1 saturated heterocycles. The van der Waals surface area contributed by atoms with Gasteiger partial charge in [-0.15, -0.1) is 5.10 Å². The molecule has 3 rings (SSSR count). The van der Waals surface area contributed by atoms with Gasteiger partial charge in [-0.2, -0.15) is 0 Å². The van der Waals surface area contributed by atoms with E-state index >= 15 is 0 Å². The molecular formula is C16H23N3O. The van der Waals surface area contributed by atoms with Gasteiger partial charge >= 0.3 is 0 Å². The van der Waals surface area contributed by atoms with E-state index in [1.165, 1.54) is 11.1 Å². The Bertz CT molecular complexity index is 585. The maximum atomic E-state index is 5.74. The minimum atomic E-state index is 0.487. The summed E-state index contributed by atoms with van der Waals surface area (Å²) in [7, 11) is 0. The van der Waals surface area contributed by atoms with Crippen LogP contribution in [-0.4, -0.2) is 29.5 Å². The fourth-order valence-electron chi connectivity index (χ4n) is 2.95. The van der Waals surface area contributed by atoms with Gasteiger partial charge in [-0.1, -0.05) is 13.0 Å². The Morgan fingerprint density at radius 1 is 1.30 bits per heavy atom. The highest BCUT2D eigenvalue weighted by molar-refractivity contribution is 5.85. The molecule has 0 aliphatic carbocycles. The predicted octanol–water partition coefficient (Wildman–Crippen LogP) is 2.92. The van der Waals surface area contributed by atoms with E-state index in [-0.39, 0.29) is 0 Å². The van der Waals surface area contributed by atoms with Gasteiger partial charge in [-0.05, 0) is 57.0 Å². The first-order valence-electron chi connectivity index (χ1n) is 7.68. The topological polar surface area (TPSA) is 39.1 Å². The van der Waals surface area contributed by atoms with Crippen LogP contribution in [0, 0.1) is 0 Å². The second-order valence-corrected chi connectivity index (χ2v) is 5.37. The second-order valence-electron chi connectivity index (χ2n) is 5.37. The molecule has 0 spiro atoms. The zero-order valence-electron chi connectivity index (χ0n) is 12.4. The maximum absolute atomic E-state index is 5.74. The van der Waals surface area contributed by atoms with Crippen molar-refractivity contribution in [3.8, 4) is 5.88 Å². The third-order valence-electron chi connectivity index (χ3n) is 4.08. The highest BCUT2D eigenvalue weighted by Gasteiger charge is 2.20. The molecule has 108 valence electrons. The van der Waals surface area contributed by atoms with Gasteiger partial charge in [0.15, 0.2) is 0 Å². The molecule has 1 fully saturated rings. The summed E-state index contributed by atoms with van der Waals surface area (Å²) in [4.78, 5) is 0. The molecule has 1 N–H and O–H groups in total. The standard InChI is InChI=1S/C16H23N3O/c1-3-12-5-6-15-14(11-12)16(20-4-2)18-19(15)13-7-9-17-10-8-13/h5-6,11,13,17H,3-4,7-10H2,1-2H3. The first kappa shape index (κ1) is 13.4. The number of benzene rings is 1. The van der Waals surface area contributed by atoms with Gasteiger partial charge in [0, 0.05) is 0 Å². The van der Waals surface area contributed by atoms with Crippen LogP contribution >= 0.6 is 0 Å². The van der Waals surface area contributed by atoms with Gasteiger partial charge in [-0.25, -0.2) is 0 Å². The zero-order chi connectivity index (χ0) is 13.9. The Labute approximate surface area is 120 Å². The third-order valence-corrected chi connectivity index (χ3v) is 4.08. The lowest BCUT2D eigenvalue weighted by atomic mass is 10.1. The number of aryl methyl sites for hydroxylation is 1. The molecule has 4 heteroatoms. The molecule has 0 saturated carbocycles. The van der Waals surface area contributed by atoms with Crippen LogP contribution in [0.5, 0.6) is 5.88 Å². The average molecular weight is 273 g/mol. The molecular weight excluding hydrogens is 250 g/mol. The number of piperidine rings is 1. The normalized spacial score (nSPS) is 16.7. The molecule has 20 heavy (non-hydrogen) atoms. The van der Waals surface area contributed by atoms with Crippen LogP contribution in [0.25, 0.3) is 10.9 Å². The summed E-state index contributed by atoms with van der Waals surface area (Å²) in [6.07, 6.45) is 3.32. The number of rotatable bonds is 4. The molecule has 1 aliphatic rings. The molecule has 1 aromatic heterocycles. The molecule has 4 nitrogen and oxygen atoms in total. The molecule has 1 aliphatic heterocycles. The van der Waals surface area contributed by atoms with E-state index in [4.69, 9.17) is 9.84 Å². The van der Waals surface area contributed by atoms with Crippen LogP contribution in [0.1, 0.15) is 38.3 Å². The molecule has 2 aromatic rings. The van der Waals surface area contributed by atoms with E-state index in [9.17, 15) is 0 Å². The van der Waals surface area contributed by atoms with Gasteiger partial charge in [0.2, 0.25) is 5.88 Å². The Morgan fingerprint density at radius 2 is 2.10 bits per heavy atom. The van der Waals surface area contributed by atoms with E-state index in [0.29, 0.717) is 12.6 Å². The summed E-state index contributed by atoms with van der Waals surface area (Å²) in [5.41, 5.74) is 2.54. The van der Waals surface area contributed by atoms with E-state index in [1.54, 1.807) is 0 Å². The summed E-state index contributed by atoms with van der Waals surface area (Å²) in [5.74, 6) is 0.788. The highest BCUT2D eigenvalue weighted by atomic mass is 16.5. The molecule has 0 unspecified atom stereocenters. The summed E-state index contributed by atoms with van der Waals surface area (Å²) in [5, 5.41) is 9.31. The molecule has 0 radical (unpaired) electrons. The molecule has 1 aromatic carbocycles. The van der Waals surface area contributed by atoms with E-state index < -0.39 is 0 Å². The number of nitrogens with zero attached hydrogens (tertiary/aromatic N) is 2. The number of hydrogen-bond donors (Lipinski definition) is 1. The predicted molar refractivity (Wildman–Crippen MR) is 81.4 cm³/mol. The maximum Gasteiger partial charge on any atom is 0.240 e. The highest BCUT2D eigenvalue weighted by Crippen LogP contribution is 2.31. The fourth-order valence-corrected chi connectivity index (χ4v) is 2.95. The summed E-state index contributed by atoms with van der Waals surface area (Å²) in [6, 6.07) is 7.12. The minimum absolute atomic E-state index is 0.487. The van der Waals surface area contributed by atoms with E-state index in [1.807, 2.05) is 6.92 Å². The first-order chi connectivity index (χ1) is 9.83. The van der Waals surface area contributed by atoms with Crippen molar-refractivity contribution >= 4 is 10.9 Å². The Morgan fingerprint density at radius 3 is 2.80 bits per heavy atom. The van der Waals surface area contributed by atoms with Crippen LogP contribution in [0.2, 0.25) is 0 Å². The quantitative estimate of drug-likeness (QED) is 0.931. The van der Waals surface area contributed by atoms with Crippen molar-refractivity contribution in [3.63, 3.8) is 0 Å². The SMILES string of the molecule is CCOc1nn(C2CCNCC2)c2ccc(CC)cc12.